The van der Waals surface area contributed by atoms with Crippen LogP contribution in [0.5, 0.6) is 0 Å². The third-order valence-electron chi connectivity index (χ3n) is 5.36. The van der Waals surface area contributed by atoms with E-state index in [9.17, 15) is 54.4 Å². The minimum atomic E-state index is -5.73. The molecule has 38 heavy (non-hydrogen) atoms. The Morgan fingerprint density at radius 1 is 1.00 bits per heavy atom. The summed E-state index contributed by atoms with van der Waals surface area (Å²) < 4.78 is 47.0. The first-order valence-corrected chi connectivity index (χ1v) is 13.2. The third kappa shape index (κ3) is 8.94. The van der Waals surface area contributed by atoms with E-state index in [1.807, 2.05) is 0 Å². The van der Waals surface area contributed by atoms with E-state index in [4.69, 9.17) is 14.6 Å². The minimum Gasteiger partial charge on any atom is -0.862 e. The number of rotatable bonds is 9. The summed E-state index contributed by atoms with van der Waals surface area (Å²) in [5.74, 6) is -0.701. The number of aliphatic imine (C=N–C) groups is 1. The number of hydrogen-bond donors (Lipinski definition) is 7. The molecule has 0 spiro atoms. The van der Waals surface area contributed by atoms with Crippen LogP contribution in [0, 0.1) is 0 Å². The van der Waals surface area contributed by atoms with Crippen molar-refractivity contribution in [2.45, 2.75) is 61.7 Å². The third-order valence-corrected chi connectivity index (χ3v) is 7.93. The largest absolute Gasteiger partial charge is 1.00 e. The molecule has 3 aliphatic heterocycles. The van der Waals surface area contributed by atoms with Crippen LogP contribution in [0.15, 0.2) is 4.99 Å². The second-order valence-electron chi connectivity index (χ2n) is 7.87. The Kier molecular flexibility index (Phi) is 14.4. The summed E-state index contributed by atoms with van der Waals surface area (Å²) in [5, 5.41) is 69.7. The van der Waals surface area contributed by atoms with Gasteiger partial charge in [0, 0.05) is 6.54 Å². The van der Waals surface area contributed by atoms with E-state index < -0.39 is 96.0 Å². The summed E-state index contributed by atoms with van der Waals surface area (Å²) in [6.45, 7) is -2.18. The number of phosphoric ester groups is 2. The molecule has 11 unspecified atom stereocenters. The first kappa shape index (κ1) is 36.9. The van der Waals surface area contributed by atoms with Gasteiger partial charge in [-0.25, -0.2) is 18.7 Å². The topological polar surface area (TPSA) is 301 Å². The fourth-order valence-corrected chi connectivity index (χ4v) is 5.64. The van der Waals surface area contributed by atoms with Crippen molar-refractivity contribution in [2.24, 2.45) is 4.99 Å². The van der Waals surface area contributed by atoms with Gasteiger partial charge in [-0.1, -0.05) is 0 Å². The normalized spacial score (nSPS) is 38.8. The van der Waals surface area contributed by atoms with Crippen molar-refractivity contribution in [1.29, 1.82) is 0 Å². The fraction of sp³-hybridized carbons (Fsp3) is 0.867. The second-order valence-corrected chi connectivity index (χ2v) is 10.8. The zero-order valence-corrected chi connectivity index (χ0v) is 25.8. The molecule has 3 aliphatic rings. The molecule has 208 valence electrons. The first-order valence-electron chi connectivity index (χ1n) is 10.2. The van der Waals surface area contributed by atoms with E-state index in [2.05, 4.69) is 18.4 Å². The summed E-state index contributed by atoms with van der Waals surface area (Å²) in [6.07, 6.45) is -16.6. The van der Waals surface area contributed by atoms with Crippen LogP contribution in [0.25, 0.3) is 0 Å². The Labute approximate surface area is 258 Å². The molecule has 3 rings (SSSR count). The number of carbonyl (C=O) groups excluding carboxylic acids is 1. The first-order chi connectivity index (χ1) is 16.7. The molecule has 0 bridgehead atoms. The Morgan fingerprint density at radius 2 is 1.61 bits per heavy atom. The maximum absolute atomic E-state index is 12.1. The number of urea groups is 1. The van der Waals surface area contributed by atoms with Gasteiger partial charge in [0.1, 0.15) is 42.7 Å². The second kappa shape index (κ2) is 14.9. The SMILES string of the molecule is O=C1N=C([O-])CCN1C1OC(COP(=O)([O-])OP(=O)(O)OC2OC(CO)C(O)C(O)C2O)C(O)C1O.[Na+].[Na+]. The summed E-state index contributed by atoms with van der Waals surface area (Å²) in [5.41, 5.74) is 0. The van der Waals surface area contributed by atoms with Gasteiger partial charge in [0.05, 0.1) is 13.2 Å². The molecule has 3 heterocycles. The quantitative estimate of drug-likeness (QED) is 0.0939. The van der Waals surface area contributed by atoms with Crippen molar-refractivity contribution in [3.63, 3.8) is 0 Å². The molecular formula is C15H24N2Na2O17P2. The molecule has 0 saturated carbocycles. The van der Waals surface area contributed by atoms with Crippen molar-refractivity contribution < 1.29 is 141 Å². The molecular weight excluding hydrogens is 588 g/mol. The van der Waals surface area contributed by atoms with Gasteiger partial charge in [0.15, 0.2) is 12.5 Å². The van der Waals surface area contributed by atoms with Gasteiger partial charge < -0.3 is 59.5 Å². The van der Waals surface area contributed by atoms with Gasteiger partial charge in [-0.3, -0.25) is 14.0 Å². The zero-order chi connectivity index (χ0) is 27.0. The van der Waals surface area contributed by atoms with Gasteiger partial charge in [-0.05, 0) is 12.3 Å². The number of amides is 2. The van der Waals surface area contributed by atoms with Crippen molar-refractivity contribution in [3.05, 3.63) is 0 Å². The number of nitrogens with zero attached hydrogens (tertiary/aromatic N) is 2. The maximum atomic E-state index is 12.1. The number of hydrogen-bond acceptors (Lipinski definition) is 16. The molecule has 0 aliphatic carbocycles. The van der Waals surface area contributed by atoms with E-state index in [1.165, 1.54) is 0 Å². The van der Waals surface area contributed by atoms with Crippen LogP contribution in [0.4, 0.5) is 4.79 Å². The molecule has 0 aromatic heterocycles. The van der Waals surface area contributed by atoms with Crippen molar-refractivity contribution in [3.8, 4) is 0 Å². The van der Waals surface area contributed by atoms with E-state index >= 15 is 0 Å². The molecule has 2 saturated heterocycles. The summed E-state index contributed by atoms with van der Waals surface area (Å²) in [6, 6.07) is -1.05. The van der Waals surface area contributed by atoms with E-state index in [0.29, 0.717) is 0 Å². The van der Waals surface area contributed by atoms with Crippen LogP contribution in [0.2, 0.25) is 0 Å². The monoisotopic (exact) mass is 612 g/mol. The Hall–Kier alpha value is 0.880. The molecule has 2 amide bonds. The molecule has 19 nitrogen and oxygen atoms in total. The molecule has 11 atom stereocenters. The zero-order valence-electron chi connectivity index (χ0n) is 20.0. The Balaban J connectivity index is 0.00000361. The fourth-order valence-electron chi connectivity index (χ4n) is 3.52. The Morgan fingerprint density at radius 3 is 2.18 bits per heavy atom. The molecule has 23 heteroatoms. The van der Waals surface area contributed by atoms with Gasteiger partial charge in [-0.15, -0.1) is 0 Å². The average Bonchev–Trinajstić information content (AvgIpc) is 3.06. The summed E-state index contributed by atoms with van der Waals surface area (Å²) in [4.78, 5) is 37.7. The summed E-state index contributed by atoms with van der Waals surface area (Å²) >= 11 is 0. The van der Waals surface area contributed by atoms with Crippen LogP contribution < -0.4 is 69.1 Å². The predicted octanol–water partition coefficient (Wildman–Crippen LogP) is -11.6. The van der Waals surface area contributed by atoms with Crippen LogP contribution in [-0.2, 0) is 32.0 Å². The minimum absolute atomic E-state index is 0. The van der Waals surface area contributed by atoms with Crippen LogP contribution in [0.1, 0.15) is 6.42 Å². The standard InChI is InChI=1S/C15H26N2O17P2.2Na/c18-3-5-8(20)10(22)12(24)14(32-5)33-36(28,29)34-35(26,27)30-4-6-9(21)11(23)13(31-6)17-2-1-7(19)16-15(17)25;;/h5-6,8-14,18,20-24H,1-4H2,(H,26,27)(H,28,29)(H,16,19,25);;/q;2*+1/p-2. The maximum Gasteiger partial charge on any atom is 1.00 e. The molecule has 7 N–H and O–H groups in total. The number of carbonyl (C=O) groups is 1. The van der Waals surface area contributed by atoms with Crippen molar-refractivity contribution in [1.82, 2.24) is 4.90 Å². The molecule has 0 aromatic carbocycles. The smallest absolute Gasteiger partial charge is 0.862 e. The van der Waals surface area contributed by atoms with Gasteiger partial charge >= 0.3 is 73.0 Å². The average molecular weight is 612 g/mol. The van der Waals surface area contributed by atoms with Crippen molar-refractivity contribution >= 4 is 27.6 Å². The van der Waals surface area contributed by atoms with E-state index in [-0.39, 0.29) is 72.1 Å². The van der Waals surface area contributed by atoms with E-state index in [1.54, 1.807) is 0 Å². The molecule has 0 aromatic rings. The van der Waals surface area contributed by atoms with Gasteiger partial charge in [0.2, 0.25) is 0 Å². The van der Waals surface area contributed by atoms with Crippen LogP contribution >= 0.6 is 15.6 Å². The Bertz CT molecular complexity index is 945. The van der Waals surface area contributed by atoms with Crippen molar-refractivity contribution in [2.75, 3.05) is 19.8 Å². The van der Waals surface area contributed by atoms with E-state index in [0.717, 1.165) is 4.90 Å². The van der Waals surface area contributed by atoms with Crippen LogP contribution in [0.3, 0.4) is 0 Å². The van der Waals surface area contributed by atoms with Gasteiger partial charge in [0.25, 0.3) is 7.82 Å². The molecule has 0 radical (unpaired) electrons. The van der Waals surface area contributed by atoms with Gasteiger partial charge in [-0.2, -0.15) is 0 Å². The number of phosphoric acid groups is 2. The number of aliphatic hydroxyl groups is 6. The number of ether oxygens (including phenoxy) is 2. The predicted molar refractivity (Wildman–Crippen MR) is 104 cm³/mol. The number of aliphatic hydroxyl groups excluding tert-OH is 6. The summed E-state index contributed by atoms with van der Waals surface area (Å²) in [7, 11) is -11.4. The molecule has 2 fully saturated rings. The van der Waals surface area contributed by atoms with Crippen LogP contribution in [-0.4, -0.2) is 127 Å².